The summed E-state index contributed by atoms with van der Waals surface area (Å²) in [5.74, 6) is 0. The monoisotopic (exact) mass is 230 g/mol. The van der Waals surface area contributed by atoms with Gasteiger partial charge in [0.2, 0.25) is 0 Å². The topological polar surface area (TPSA) is 15.3 Å². The second-order valence-corrected chi connectivity index (χ2v) is 5.29. The van der Waals surface area contributed by atoms with Crippen LogP contribution >= 0.6 is 0 Å². The van der Waals surface area contributed by atoms with Crippen LogP contribution in [0.5, 0.6) is 0 Å². The van der Waals surface area contributed by atoms with E-state index in [2.05, 4.69) is 41.4 Å². The van der Waals surface area contributed by atoms with Gasteiger partial charge in [-0.1, -0.05) is 31.2 Å². The van der Waals surface area contributed by atoms with Crippen molar-refractivity contribution in [3.8, 4) is 0 Å². The van der Waals surface area contributed by atoms with Crippen molar-refractivity contribution >= 4 is 0 Å². The third-order valence-electron chi connectivity index (χ3n) is 4.36. The predicted molar refractivity (Wildman–Crippen MR) is 70.9 cm³/mol. The molecular weight excluding hydrogens is 208 g/mol. The Bertz CT molecular complexity index is 388. The fourth-order valence-electron chi connectivity index (χ4n) is 3.48. The van der Waals surface area contributed by atoms with Crippen molar-refractivity contribution in [2.75, 3.05) is 13.1 Å². The first-order chi connectivity index (χ1) is 8.40. The molecule has 1 fully saturated rings. The highest BCUT2D eigenvalue weighted by molar-refractivity contribution is 5.32. The fraction of sp³-hybridized carbons (Fsp3) is 0.600. The summed E-state index contributed by atoms with van der Waals surface area (Å²) in [6.07, 6.45) is 4.05. The number of fused-ring (bicyclic) bond motifs is 1. The number of hydrogen-bond acceptors (Lipinski definition) is 2. The molecule has 0 radical (unpaired) electrons. The molecule has 1 N–H and O–H groups in total. The number of rotatable bonds is 2. The first-order valence-corrected chi connectivity index (χ1v) is 6.94. The lowest BCUT2D eigenvalue weighted by Gasteiger charge is -2.37. The van der Waals surface area contributed by atoms with Crippen molar-refractivity contribution in [2.45, 2.75) is 44.8 Å². The second-order valence-electron chi connectivity index (χ2n) is 5.29. The van der Waals surface area contributed by atoms with Gasteiger partial charge < -0.3 is 5.32 Å². The van der Waals surface area contributed by atoms with Gasteiger partial charge in [-0.25, -0.2) is 0 Å². The lowest BCUT2D eigenvalue weighted by molar-refractivity contribution is 0.165. The Hall–Kier alpha value is -0.860. The number of nitrogens with one attached hydrogen (secondary N) is 1. The Labute approximate surface area is 104 Å². The van der Waals surface area contributed by atoms with Crippen molar-refractivity contribution in [1.82, 2.24) is 10.2 Å². The lowest BCUT2D eigenvalue weighted by atomic mass is 9.95. The minimum Gasteiger partial charge on any atom is -0.311 e. The van der Waals surface area contributed by atoms with Gasteiger partial charge in [-0.3, -0.25) is 4.90 Å². The summed E-state index contributed by atoms with van der Waals surface area (Å²) in [5.41, 5.74) is 3.05. The van der Waals surface area contributed by atoms with Gasteiger partial charge in [0.05, 0.1) is 0 Å². The van der Waals surface area contributed by atoms with Crippen molar-refractivity contribution in [3.63, 3.8) is 0 Å². The summed E-state index contributed by atoms with van der Waals surface area (Å²) < 4.78 is 0. The molecule has 0 spiro atoms. The molecule has 3 rings (SSSR count). The number of likely N-dealkylation sites (tertiary alicyclic amines) is 1. The van der Waals surface area contributed by atoms with Gasteiger partial charge in [-0.15, -0.1) is 0 Å². The van der Waals surface area contributed by atoms with E-state index in [1.165, 1.54) is 31.4 Å². The van der Waals surface area contributed by atoms with Gasteiger partial charge >= 0.3 is 0 Å². The second kappa shape index (κ2) is 4.79. The van der Waals surface area contributed by atoms with Crippen LogP contribution in [0.4, 0.5) is 0 Å². The fourth-order valence-corrected chi connectivity index (χ4v) is 3.48. The van der Waals surface area contributed by atoms with Crippen LogP contribution in [0.2, 0.25) is 0 Å². The zero-order chi connectivity index (χ0) is 11.7. The summed E-state index contributed by atoms with van der Waals surface area (Å²) in [4.78, 5) is 2.73. The van der Waals surface area contributed by atoms with Crippen LogP contribution in [0.3, 0.4) is 0 Å². The number of benzene rings is 1. The average molecular weight is 230 g/mol. The molecule has 0 amide bonds. The summed E-state index contributed by atoms with van der Waals surface area (Å²) in [7, 11) is 0. The van der Waals surface area contributed by atoms with Gasteiger partial charge in [-0.05, 0) is 36.9 Å². The molecule has 2 unspecified atom stereocenters. The van der Waals surface area contributed by atoms with Gasteiger partial charge in [0.25, 0.3) is 0 Å². The Morgan fingerprint density at radius 3 is 3.12 bits per heavy atom. The molecule has 2 heterocycles. The van der Waals surface area contributed by atoms with E-state index in [0.717, 1.165) is 19.1 Å². The summed E-state index contributed by atoms with van der Waals surface area (Å²) in [6, 6.07) is 10.3. The molecule has 2 heteroatoms. The van der Waals surface area contributed by atoms with Crippen LogP contribution in [0, 0.1) is 0 Å². The van der Waals surface area contributed by atoms with E-state index in [0.29, 0.717) is 6.04 Å². The smallest absolute Gasteiger partial charge is 0.0478 e. The van der Waals surface area contributed by atoms with Crippen LogP contribution in [0.1, 0.15) is 43.4 Å². The van der Waals surface area contributed by atoms with Gasteiger partial charge in [0.15, 0.2) is 0 Å². The van der Waals surface area contributed by atoms with Crippen LogP contribution in [0.25, 0.3) is 0 Å². The molecular formula is C15H22N2. The van der Waals surface area contributed by atoms with Gasteiger partial charge in [0, 0.05) is 25.2 Å². The summed E-state index contributed by atoms with van der Waals surface area (Å²) in [6.45, 7) is 5.76. The maximum Gasteiger partial charge on any atom is 0.0478 e. The van der Waals surface area contributed by atoms with Gasteiger partial charge in [0.1, 0.15) is 0 Å². The third-order valence-corrected chi connectivity index (χ3v) is 4.36. The minimum absolute atomic E-state index is 0.604. The van der Waals surface area contributed by atoms with Crippen molar-refractivity contribution in [3.05, 3.63) is 35.4 Å². The SMILES string of the molecule is CCC1CCCN1C1CNCc2ccccc21. The molecule has 1 aromatic carbocycles. The van der Waals surface area contributed by atoms with E-state index in [4.69, 9.17) is 0 Å². The Morgan fingerprint density at radius 2 is 2.24 bits per heavy atom. The van der Waals surface area contributed by atoms with Crippen LogP contribution in [-0.4, -0.2) is 24.0 Å². The summed E-state index contributed by atoms with van der Waals surface area (Å²) >= 11 is 0. The quantitative estimate of drug-likeness (QED) is 0.840. The normalized spacial score (nSPS) is 29.2. The molecule has 0 aliphatic carbocycles. The molecule has 0 bridgehead atoms. The first kappa shape index (κ1) is 11.2. The highest BCUT2D eigenvalue weighted by Crippen LogP contribution is 2.33. The Balaban J connectivity index is 1.89. The molecule has 1 aromatic rings. The minimum atomic E-state index is 0.604. The van der Waals surface area contributed by atoms with Crippen molar-refractivity contribution in [1.29, 1.82) is 0 Å². The number of nitrogens with zero attached hydrogens (tertiary/aromatic N) is 1. The van der Waals surface area contributed by atoms with Crippen LogP contribution in [-0.2, 0) is 6.54 Å². The molecule has 2 nitrogen and oxygen atoms in total. The Kier molecular flexibility index (Phi) is 3.17. The van der Waals surface area contributed by atoms with E-state index in [1.54, 1.807) is 5.56 Å². The summed E-state index contributed by atoms with van der Waals surface area (Å²) in [5, 5.41) is 3.57. The average Bonchev–Trinajstić information content (AvgIpc) is 2.86. The standard InChI is InChI=1S/C15H22N2/c1-2-13-7-5-9-17(13)15-11-16-10-12-6-3-4-8-14(12)15/h3-4,6,8,13,15-16H,2,5,7,9-11H2,1H3. The van der Waals surface area contributed by atoms with E-state index in [1.807, 2.05) is 0 Å². The lowest BCUT2D eigenvalue weighted by Crippen LogP contribution is -2.41. The van der Waals surface area contributed by atoms with Crippen molar-refractivity contribution < 1.29 is 0 Å². The third kappa shape index (κ3) is 2.00. The van der Waals surface area contributed by atoms with Crippen molar-refractivity contribution in [2.24, 2.45) is 0 Å². The van der Waals surface area contributed by atoms with Crippen LogP contribution < -0.4 is 5.32 Å². The zero-order valence-electron chi connectivity index (χ0n) is 10.7. The van der Waals surface area contributed by atoms with Gasteiger partial charge in [-0.2, -0.15) is 0 Å². The molecule has 17 heavy (non-hydrogen) atoms. The number of hydrogen-bond donors (Lipinski definition) is 1. The molecule has 92 valence electrons. The van der Waals surface area contributed by atoms with E-state index in [9.17, 15) is 0 Å². The maximum absolute atomic E-state index is 3.57. The molecule has 0 aromatic heterocycles. The van der Waals surface area contributed by atoms with Crippen LogP contribution in [0.15, 0.2) is 24.3 Å². The first-order valence-electron chi connectivity index (χ1n) is 6.94. The zero-order valence-corrected chi connectivity index (χ0v) is 10.7. The predicted octanol–water partition coefficient (Wildman–Crippen LogP) is 2.71. The molecule has 2 atom stereocenters. The largest absolute Gasteiger partial charge is 0.311 e. The highest BCUT2D eigenvalue weighted by Gasteiger charge is 2.32. The van der Waals surface area contributed by atoms with E-state index < -0.39 is 0 Å². The van der Waals surface area contributed by atoms with E-state index in [-0.39, 0.29) is 0 Å². The highest BCUT2D eigenvalue weighted by atomic mass is 15.2. The molecule has 2 aliphatic heterocycles. The molecule has 0 saturated carbocycles. The maximum atomic E-state index is 3.57. The van der Waals surface area contributed by atoms with E-state index >= 15 is 0 Å². The molecule has 1 saturated heterocycles. The molecule has 2 aliphatic rings. The Morgan fingerprint density at radius 1 is 1.35 bits per heavy atom.